The molecule has 3 aromatic rings. The lowest BCUT2D eigenvalue weighted by molar-refractivity contribution is 0.0737. The number of amides is 1. The van der Waals surface area contributed by atoms with Gasteiger partial charge in [-0.15, -0.1) is 0 Å². The summed E-state index contributed by atoms with van der Waals surface area (Å²) in [7, 11) is 0. The van der Waals surface area contributed by atoms with Gasteiger partial charge in [-0.2, -0.15) is 5.10 Å². The number of fused-ring (bicyclic) bond motifs is 1. The van der Waals surface area contributed by atoms with Gasteiger partial charge >= 0.3 is 0 Å². The average Bonchev–Trinajstić information content (AvgIpc) is 3.47. The Balaban J connectivity index is 1.66. The summed E-state index contributed by atoms with van der Waals surface area (Å²) in [5.74, 6) is 0.686. The van der Waals surface area contributed by atoms with Crippen LogP contribution in [0.15, 0.2) is 30.3 Å². The van der Waals surface area contributed by atoms with Crippen LogP contribution < -0.4 is 5.32 Å². The van der Waals surface area contributed by atoms with Gasteiger partial charge in [-0.05, 0) is 43.2 Å². The summed E-state index contributed by atoms with van der Waals surface area (Å²) < 4.78 is 0. The van der Waals surface area contributed by atoms with E-state index >= 15 is 0 Å². The van der Waals surface area contributed by atoms with Crippen molar-refractivity contribution in [1.29, 1.82) is 0 Å². The number of hydrogen-bond acceptors (Lipinski definition) is 5. The Morgan fingerprint density at radius 1 is 1.15 bits per heavy atom. The average molecular weight is 363 g/mol. The van der Waals surface area contributed by atoms with Gasteiger partial charge in [-0.25, -0.2) is 4.98 Å². The molecule has 138 valence electrons. The molecular weight excluding hydrogens is 342 g/mol. The number of hydrogen-bond donors (Lipinski definition) is 3. The Morgan fingerprint density at radius 3 is 2.59 bits per heavy atom. The number of nitrogens with one attached hydrogen (secondary N) is 2. The maximum atomic E-state index is 13.3. The fourth-order valence-corrected chi connectivity index (χ4v) is 3.70. The van der Waals surface area contributed by atoms with Crippen LogP contribution in [0.4, 0.5) is 0 Å². The first-order chi connectivity index (χ1) is 13.2. The van der Waals surface area contributed by atoms with Crippen LogP contribution in [0.2, 0.25) is 0 Å². The highest BCUT2D eigenvalue weighted by molar-refractivity contribution is 6.07. The number of aromatic amines is 1. The summed E-state index contributed by atoms with van der Waals surface area (Å²) in [4.78, 5) is 19.9. The zero-order chi connectivity index (χ0) is 18.4. The van der Waals surface area contributed by atoms with Crippen LogP contribution in [0, 0.1) is 0 Å². The molecule has 2 fully saturated rings. The molecule has 1 aromatic carbocycles. The Labute approximate surface area is 156 Å². The molecule has 3 heterocycles. The van der Waals surface area contributed by atoms with Crippen molar-refractivity contribution >= 4 is 16.9 Å². The van der Waals surface area contributed by atoms with Gasteiger partial charge in [-0.1, -0.05) is 0 Å². The SMILES string of the molecule is O=C(c1cc(-c2ccc(O)cc2)nc2n[nH]c(C3CC3)c12)N1CCNCC1. The molecule has 5 rings (SSSR count). The summed E-state index contributed by atoms with van der Waals surface area (Å²) in [5, 5.41) is 21.2. The Kier molecular flexibility index (Phi) is 3.82. The molecular formula is C20H21N5O2. The molecule has 0 spiro atoms. The molecule has 7 heteroatoms. The Morgan fingerprint density at radius 2 is 1.89 bits per heavy atom. The molecule has 1 aliphatic carbocycles. The quantitative estimate of drug-likeness (QED) is 0.664. The second kappa shape index (κ2) is 6.35. The van der Waals surface area contributed by atoms with Gasteiger partial charge in [-0.3, -0.25) is 9.89 Å². The fraction of sp³-hybridized carbons (Fsp3) is 0.350. The van der Waals surface area contributed by atoms with Crippen molar-refractivity contribution < 1.29 is 9.90 Å². The highest BCUT2D eigenvalue weighted by Crippen LogP contribution is 2.43. The second-order valence-electron chi connectivity index (χ2n) is 7.25. The summed E-state index contributed by atoms with van der Waals surface area (Å²) in [6, 6.07) is 8.73. The summed E-state index contributed by atoms with van der Waals surface area (Å²) >= 11 is 0. The van der Waals surface area contributed by atoms with Gasteiger partial charge in [0, 0.05) is 43.4 Å². The molecule has 0 atom stereocenters. The van der Waals surface area contributed by atoms with Crippen LogP contribution in [0.3, 0.4) is 0 Å². The van der Waals surface area contributed by atoms with E-state index in [0.717, 1.165) is 42.6 Å². The van der Waals surface area contributed by atoms with Crippen LogP contribution in [0.25, 0.3) is 22.3 Å². The molecule has 1 saturated carbocycles. The number of phenolic OH excluding ortho intramolecular Hbond substituents is 1. The van der Waals surface area contributed by atoms with Crippen molar-refractivity contribution in [1.82, 2.24) is 25.4 Å². The van der Waals surface area contributed by atoms with Crippen molar-refractivity contribution in [2.24, 2.45) is 0 Å². The Hall–Kier alpha value is -2.93. The van der Waals surface area contributed by atoms with E-state index in [1.807, 2.05) is 11.0 Å². The van der Waals surface area contributed by atoms with E-state index < -0.39 is 0 Å². The minimum absolute atomic E-state index is 0.0345. The van der Waals surface area contributed by atoms with Crippen molar-refractivity contribution in [3.63, 3.8) is 0 Å². The molecule has 0 unspecified atom stereocenters. The van der Waals surface area contributed by atoms with Crippen LogP contribution in [-0.2, 0) is 0 Å². The standard InChI is InChI=1S/C20H21N5O2/c26-14-5-3-12(4-6-14)16-11-15(20(27)25-9-7-21-8-10-25)17-18(13-1-2-13)23-24-19(17)22-16/h3-6,11,13,21,26H,1-2,7-10H2,(H,22,23,24). The normalized spacial score (nSPS) is 17.4. The molecule has 2 aromatic heterocycles. The number of piperazine rings is 1. The van der Waals surface area contributed by atoms with E-state index in [1.165, 1.54) is 0 Å². The van der Waals surface area contributed by atoms with Gasteiger partial charge < -0.3 is 15.3 Å². The molecule has 1 amide bonds. The predicted octanol–water partition coefficient (Wildman–Crippen LogP) is 2.25. The molecule has 2 aliphatic rings. The second-order valence-corrected chi connectivity index (χ2v) is 7.25. The van der Waals surface area contributed by atoms with Gasteiger partial charge in [0.2, 0.25) is 0 Å². The van der Waals surface area contributed by atoms with Crippen LogP contribution >= 0.6 is 0 Å². The van der Waals surface area contributed by atoms with E-state index in [-0.39, 0.29) is 11.7 Å². The van der Waals surface area contributed by atoms with Crippen LogP contribution in [0.1, 0.15) is 34.8 Å². The number of H-pyrrole nitrogens is 1. The van der Waals surface area contributed by atoms with Gasteiger partial charge in [0.15, 0.2) is 5.65 Å². The van der Waals surface area contributed by atoms with Crippen molar-refractivity contribution in [3.8, 4) is 17.0 Å². The first-order valence-electron chi connectivity index (χ1n) is 9.39. The first-order valence-corrected chi connectivity index (χ1v) is 9.39. The zero-order valence-corrected chi connectivity index (χ0v) is 14.9. The monoisotopic (exact) mass is 363 g/mol. The molecule has 3 N–H and O–H groups in total. The smallest absolute Gasteiger partial charge is 0.254 e. The third-order valence-corrected chi connectivity index (χ3v) is 5.34. The van der Waals surface area contributed by atoms with E-state index in [1.54, 1.807) is 24.3 Å². The molecule has 1 saturated heterocycles. The van der Waals surface area contributed by atoms with Crippen LogP contribution in [0.5, 0.6) is 5.75 Å². The highest BCUT2D eigenvalue weighted by atomic mass is 16.3. The molecule has 7 nitrogen and oxygen atoms in total. The Bertz CT molecular complexity index is 1000. The number of carbonyl (C=O) groups is 1. The van der Waals surface area contributed by atoms with E-state index in [0.29, 0.717) is 35.9 Å². The fourth-order valence-electron chi connectivity index (χ4n) is 3.70. The third-order valence-electron chi connectivity index (χ3n) is 5.34. The van der Waals surface area contributed by atoms with Gasteiger partial charge in [0.1, 0.15) is 5.75 Å². The maximum absolute atomic E-state index is 13.3. The summed E-state index contributed by atoms with van der Waals surface area (Å²) in [6.07, 6.45) is 2.25. The first kappa shape index (κ1) is 16.3. The molecule has 1 aliphatic heterocycles. The lowest BCUT2D eigenvalue weighted by Gasteiger charge is -2.27. The van der Waals surface area contributed by atoms with Crippen molar-refractivity contribution in [2.45, 2.75) is 18.8 Å². The number of nitrogens with zero attached hydrogens (tertiary/aromatic N) is 3. The summed E-state index contributed by atoms with van der Waals surface area (Å²) in [6.45, 7) is 3.03. The number of rotatable bonds is 3. The molecule has 0 radical (unpaired) electrons. The predicted molar refractivity (Wildman–Crippen MR) is 102 cm³/mol. The van der Waals surface area contributed by atoms with Crippen molar-refractivity contribution in [3.05, 3.63) is 41.6 Å². The minimum atomic E-state index is 0.0345. The lowest BCUT2D eigenvalue weighted by atomic mass is 10.0. The zero-order valence-electron chi connectivity index (χ0n) is 14.9. The number of carbonyl (C=O) groups excluding carboxylic acids is 1. The molecule has 27 heavy (non-hydrogen) atoms. The summed E-state index contributed by atoms with van der Waals surface area (Å²) in [5.41, 5.74) is 3.82. The van der Waals surface area contributed by atoms with E-state index in [9.17, 15) is 9.90 Å². The van der Waals surface area contributed by atoms with E-state index in [4.69, 9.17) is 0 Å². The number of phenols is 1. The number of aromatic hydroxyl groups is 1. The largest absolute Gasteiger partial charge is 0.508 e. The topological polar surface area (TPSA) is 94.1 Å². The van der Waals surface area contributed by atoms with Gasteiger partial charge in [0.25, 0.3) is 5.91 Å². The highest BCUT2D eigenvalue weighted by Gasteiger charge is 2.31. The minimum Gasteiger partial charge on any atom is -0.508 e. The van der Waals surface area contributed by atoms with E-state index in [2.05, 4.69) is 20.5 Å². The molecule has 0 bridgehead atoms. The third kappa shape index (κ3) is 2.94. The van der Waals surface area contributed by atoms with Crippen LogP contribution in [-0.4, -0.2) is 57.3 Å². The van der Waals surface area contributed by atoms with Crippen molar-refractivity contribution in [2.75, 3.05) is 26.2 Å². The van der Waals surface area contributed by atoms with Gasteiger partial charge in [0.05, 0.1) is 16.6 Å². The lowest BCUT2D eigenvalue weighted by Crippen LogP contribution is -2.46. The number of aromatic nitrogens is 3. The number of benzene rings is 1. The number of pyridine rings is 1. The maximum Gasteiger partial charge on any atom is 0.254 e.